The highest BCUT2D eigenvalue weighted by Gasteiger charge is 2.20. The number of aryl methyl sites for hydroxylation is 1. The summed E-state index contributed by atoms with van der Waals surface area (Å²) in [5.41, 5.74) is 1.45. The highest BCUT2D eigenvalue weighted by Crippen LogP contribution is 2.27. The van der Waals surface area contributed by atoms with Gasteiger partial charge in [-0.2, -0.15) is 5.10 Å². The summed E-state index contributed by atoms with van der Waals surface area (Å²) in [6.07, 6.45) is 5.68. The standard InChI is InChI=1S/C12H21N3/c1-3-8-15-12(4-7-13-15)11-5-9-14(2)10-6-11/h4,7,11H,3,5-6,8-10H2,1-2H3. The molecule has 1 aliphatic rings. The third-order valence-electron chi connectivity index (χ3n) is 3.32. The fourth-order valence-electron chi connectivity index (χ4n) is 2.39. The van der Waals surface area contributed by atoms with Crippen LogP contribution in [0, 0.1) is 0 Å². The second-order valence-corrected chi connectivity index (χ2v) is 4.56. The van der Waals surface area contributed by atoms with Crippen molar-refractivity contribution in [3.05, 3.63) is 18.0 Å². The quantitative estimate of drug-likeness (QED) is 0.757. The van der Waals surface area contributed by atoms with Gasteiger partial charge < -0.3 is 4.90 Å². The summed E-state index contributed by atoms with van der Waals surface area (Å²) in [5, 5.41) is 4.40. The summed E-state index contributed by atoms with van der Waals surface area (Å²) in [6.45, 7) is 5.72. The molecule has 2 heterocycles. The fourth-order valence-corrected chi connectivity index (χ4v) is 2.39. The maximum atomic E-state index is 4.40. The molecule has 3 heteroatoms. The topological polar surface area (TPSA) is 21.1 Å². The number of aromatic nitrogens is 2. The summed E-state index contributed by atoms with van der Waals surface area (Å²) in [4.78, 5) is 2.41. The molecule has 1 fully saturated rings. The van der Waals surface area contributed by atoms with Gasteiger partial charge in [-0.15, -0.1) is 0 Å². The van der Waals surface area contributed by atoms with Crippen LogP contribution in [0.4, 0.5) is 0 Å². The van der Waals surface area contributed by atoms with Crippen molar-refractivity contribution in [1.82, 2.24) is 14.7 Å². The SMILES string of the molecule is CCCn1nccc1C1CCN(C)CC1. The summed E-state index contributed by atoms with van der Waals surface area (Å²) >= 11 is 0. The second kappa shape index (κ2) is 4.79. The summed E-state index contributed by atoms with van der Waals surface area (Å²) in [7, 11) is 2.21. The molecule has 0 aromatic carbocycles. The molecule has 0 N–H and O–H groups in total. The van der Waals surface area contributed by atoms with E-state index in [0.717, 1.165) is 12.5 Å². The summed E-state index contributed by atoms with van der Waals surface area (Å²) in [6, 6.07) is 2.20. The monoisotopic (exact) mass is 207 g/mol. The van der Waals surface area contributed by atoms with Gasteiger partial charge in [0.25, 0.3) is 0 Å². The first-order valence-corrected chi connectivity index (χ1v) is 6.01. The Morgan fingerprint density at radius 1 is 1.40 bits per heavy atom. The average Bonchev–Trinajstić information content (AvgIpc) is 2.68. The van der Waals surface area contributed by atoms with Crippen molar-refractivity contribution >= 4 is 0 Å². The first kappa shape index (κ1) is 10.7. The lowest BCUT2D eigenvalue weighted by atomic mass is 9.94. The molecule has 84 valence electrons. The molecule has 0 spiro atoms. The van der Waals surface area contributed by atoms with Gasteiger partial charge in [0.2, 0.25) is 0 Å². The van der Waals surface area contributed by atoms with Crippen LogP contribution in [0.1, 0.15) is 37.8 Å². The van der Waals surface area contributed by atoms with Gasteiger partial charge in [0.15, 0.2) is 0 Å². The molecule has 1 saturated heterocycles. The van der Waals surface area contributed by atoms with Crippen LogP contribution in [0.25, 0.3) is 0 Å². The first-order chi connectivity index (χ1) is 7.31. The highest BCUT2D eigenvalue weighted by atomic mass is 15.3. The Morgan fingerprint density at radius 3 is 2.80 bits per heavy atom. The smallest absolute Gasteiger partial charge is 0.0492 e. The predicted octanol–water partition coefficient (Wildman–Crippen LogP) is 2.10. The Kier molecular flexibility index (Phi) is 3.41. The molecule has 0 radical (unpaired) electrons. The van der Waals surface area contributed by atoms with Crippen LogP contribution in [-0.4, -0.2) is 34.8 Å². The van der Waals surface area contributed by atoms with Crippen molar-refractivity contribution in [2.24, 2.45) is 0 Å². The van der Waals surface area contributed by atoms with Gasteiger partial charge in [-0.3, -0.25) is 4.68 Å². The average molecular weight is 207 g/mol. The zero-order valence-electron chi connectivity index (χ0n) is 9.82. The molecule has 15 heavy (non-hydrogen) atoms. The molecule has 1 aromatic heterocycles. The lowest BCUT2D eigenvalue weighted by Crippen LogP contribution is -2.30. The maximum absolute atomic E-state index is 4.40. The van der Waals surface area contributed by atoms with Crippen molar-refractivity contribution in [1.29, 1.82) is 0 Å². The van der Waals surface area contributed by atoms with Crippen LogP contribution < -0.4 is 0 Å². The fraction of sp³-hybridized carbons (Fsp3) is 0.750. The number of piperidine rings is 1. The van der Waals surface area contributed by atoms with Crippen molar-refractivity contribution < 1.29 is 0 Å². The van der Waals surface area contributed by atoms with Gasteiger partial charge in [-0.25, -0.2) is 0 Å². The minimum absolute atomic E-state index is 0.732. The summed E-state index contributed by atoms with van der Waals surface area (Å²) in [5.74, 6) is 0.732. The Bertz CT molecular complexity index is 298. The van der Waals surface area contributed by atoms with E-state index in [1.807, 2.05) is 6.20 Å². The molecule has 0 aliphatic carbocycles. The van der Waals surface area contributed by atoms with E-state index in [-0.39, 0.29) is 0 Å². The Labute approximate surface area is 92.1 Å². The van der Waals surface area contributed by atoms with Gasteiger partial charge in [0.05, 0.1) is 0 Å². The van der Waals surface area contributed by atoms with Crippen LogP contribution in [0.15, 0.2) is 12.3 Å². The van der Waals surface area contributed by atoms with Crippen molar-refractivity contribution in [2.45, 2.75) is 38.6 Å². The van der Waals surface area contributed by atoms with E-state index in [4.69, 9.17) is 0 Å². The van der Waals surface area contributed by atoms with Crippen LogP contribution in [0.3, 0.4) is 0 Å². The number of rotatable bonds is 3. The molecule has 0 atom stereocenters. The molecule has 0 bridgehead atoms. The Hall–Kier alpha value is -0.830. The highest BCUT2D eigenvalue weighted by molar-refractivity contribution is 5.09. The predicted molar refractivity (Wildman–Crippen MR) is 62.0 cm³/mol. The number of hydrogen-bond donors (Lipinski definition) is 0. The van der Waals surface area contributed by atoms with E-state index in [2.05, 4.69) is 34.7 Å². The van der Waals surface area contributed by atoms with E-state index < -0.39 is 0 Å². The Balaban J connectivity index is 2.05. The van der Waals surface area contributed by atoms with E-state index in [1.54, 1.807) is 0 Å². The maximum Gasteiger partial charge on any atom is 0.0492 e. The molecule has 2 rings (SSSR count). The van der Waals surface area contributed by atoms with E-state index in [0.29, 0.717) is 0 Å². The third-order valence-corrected chi connectivity index (χ3v) is 3.32. The number of nitrogens with zero attached hydrogens (tertiary/aromatic N) is 3. The Morgan fingerprint density at radius 2 is 2.13 bits per heavy atom. The zero-order chi connectivity index (χ0) is 10.7. The van der Waals surface area contributed by atoms with Crippen molar-refractivity contribution in [2.75, 3.05) is 20.1 Å². The van der Waals surface area contributed by atoms with Crippen molar-refractivity contribution in [3.63, 3.8) is 0 Å². The van der Waals surface area contributed by atoms with E-state index in [1.165, 1.54) is 38.0 Å². The van der Waals surface area contributed by atoms with E-state index >= 15 is 0 Å². The van der Waals surface area contributed by atoms with Crippen LogP contribution >= 0.6 is 0 Å². The number of hydrogen-bond acceptors (Lipinski definition) is 2. The molecule has 1 aliphatic heterocycles. The largest absolute Gasteiger partial charge is 0.306 e. The molecular weight excluding hydrogens is 186 g/mol. The zero-order valence-corrected chi connectivity index (χ0v) is 9.82. The first-order valence-electron chi connectivity index (χ1n) is 6.01. The second-order valence-electron chi connectivity index (χ2n) is 4.56. The lowest BCUT2D eigenvalue weighted by molar-refractivity contribution is 0.249. The van der Waals surface area contributed by atoms with Gasteiger partial charge >= 0.3 is 0 Å². The third kappa shape index (κ3) is 2.40. The van der Waals surface area contributed by atoms with Crippen LogP contribution in [-0.2, 0) is 6.54 Å². The lowest BCUT2D eigenvalue weighted by Gasteiger charge is -2.29. The normalized spacial score (nSPS) is 19.6. The molecule has 3 nitrogen and oxygen atoms in total. The van der Waals surface area contributed by atoms with E-state index in [9.17, 15) is 0 Å². The molecule has 0 amide bonds. The molecular formula is C12H21N3. The van der Waals surface area contributed by atoms with Crippen molar-refractivity contribution in [3.8, 4) is 0 Å². The van der Waals surface area contributed by atoms with Gasteiger partial charge in [0, 0.05) is 24.4 Å². The molecule has 0 saturated carbocycles. The molecule has 0 unspecified atom stereocenters. The van der Waals surface area contributed by atoms with Gasteiger partial charge in [-0.05, 0) is 45.5 Å². The minimum Gasteiger partial charge on any atom is -0.306 e. The van der Waals surface area contributed by atoms with Crippen LogP contribution in [0.5, 0.6) is 0 Å². The minimum atomic E-state index is 0.732. The van der Waals surface area contributed by atoms with Gasteiger partial charge in [0.1, 0.15) is 0 Å². The molecule has 1 aromatic rings. The summed E-state index contributed by atoms with van der Waals surface area (Å²) < 4.78 is 2.19. The van der Waals surface area contributed by atoms with Gasteiger partial charge in [-0.1, -0.05) is 6.92 Å². The van der Waals surface area contributed by atoms with Crippen LogP contribution in [0.2, 0.25) is 0 Å². The number of likely N-dealkylation sites (tertiary alicyclic amines) is 1.